The minimum Gasteiger partial charge on any atom is -0.494 e. The van der Waals surface area contributed by atoms with E-state index in [2.05, 4.69) is 12.2 Å². The molecular weight excluding hydrogens is 254 g/mol. The summed E-state index contributed by atoms with van der Waals surface area (Å²) in [6, 6.07) is 7.63. The maximum Gasteiger partial charge on any atom is 0.323 e. The molecule has 0 radical (unpaired) electrons. The van der Waals surface area contributed by atoms with Crippen LogP contribution >= 0.6 is 0 Å². The van der Waals surface area contributed by atoms with Gasteiger partial charge < -0.3 is 14.8 Å². The molecule has 1 N–H and O–H groups in total. The van der Waals surface area contributed by atoms with Crippen molar-refractivity contribution in [3.05, 3.63) is 29.8 Å². The molecule has 1 atom stereocenters. The Kier molecular flexibility index (Phi) is 7.09. The maximum atomic E-state index is 11.7. The van der Waals surface area contributed by atoms with Crippen LogP contribution in [0.2, 0.25) is 0 Å². The molecule has 0 aliphatic rings. The molecule has 20 heavy (non-hydrogen) atoms. The van der Waals surface area contributed by atoms with E-state index in [1.807, 2.05) is 38.1 Å². The lowest BCUT2D eigenvalue weighted by Crippen LogP contribution is -2.41. The smallest absolute Gasteiger partial charge is 0.323 e. The van der Waals surface area contributed by atoms with Crippen LogP contribution in [0.4, 0.5) is 0 Å². The van der Waals surface area contributed by atoms with Crippen LogP contribution in [0, 0.1) is 5.92 Å². The van der Waals surface area contributed by atoms with Crippen molar-refractivity contribution in [2.45, 2.75) is 39.8 Å². The van der Waals surface area contributed by atoms with Crippen molar-refractivity contribution in [2.75, 3.05) is 13.7 Å². The van der Waals surface area contributed by atoms with Gasteiger partial charge in [0.2, 0.25) is 0 Å². The molecule has 112 valence electrons. The van der Waals surface area contributed by atoms with E-state index in [4.69, 9.17) is 9.47 Å². The van der Waals surface area contributed by atoms with Crippen LogP contribution in [0.25, 0.3) is 0 Å². The molecule has 4 heteroatoms. The third kappa shape index (κ3) is 5.21. The maximum absolute atomic E-state index is 11.7. The zero-order valence-electron chi connectivity index (χ0n) is 12.8. The van der Waals surface area contributed by atoms with Gasteiger partial charge in [0, 0.05) is 6.54 Å². The fourth-order valence-corrected chi connectivity index (χ4v) is 1.91. The Labute approximate surface area is 121 Å². The summed E-state index contributed by atoms with van der Waals surface area (Å²) in [5, 5.41) is 3.24. The normalized spacial score (nSPS) is 12.2. The number of nitrogens with one attached hydrogen (secondary N) is 1. The average Bonchev–Trinajstić information content (AvgIpc) is 2.45. The molecule has 0 bridgehead atoms. The van der Waals surface area contributed by atoms with Gasteiger partial charge in [-0.1, -0.05) is 32.9 Å². The van der Waals surface area contributed by atoms with Crippen molar-refractivity contribution in [3.8, 4) is 5.75 Å². The molecular formula is C16H25NO3. The number of hydrogen-bond donors (Lipinski definition) is 1. The number of benzene rings is 1. The molecule has 0 aromatic heterocycles. The molecule has 0 aliphatic heterocycles. The number of ether oxygens (including phenoxy) is 2. The summed E-state index contributed by atoms with van der Waals surface area (Å²) >= 11 is 0. The summed E-state index contributed by atoms with van der Waals surface area (Å²) in [6.45, 7) is 7.40. The molecule has 0 saturated carbocycles. The second kappa shape index (κ2) is 8.59. The Morgan fingerprint density at radius 2 is 2.10 bits per heavy atom. The summed E-state index contributed by atoms with van der Waals surface area (Å²) in [5.74, 6) is 0.825. The van der Waals surface area contributed by atoms with Crippen molar-refractivity contribution >= 4 is 5.97 Å². The lowest BCUT2D eigenvalue weighted by molar-refractivity contribution is -0.144. The SMILES string of the molecule is CCCOc1cccc(CNC(C(=O)OC)C(C)C)c1. The first-order valence-corrected chi connectivity index (χ1v) is 7.11. The van der Waals surface area contributed by atoms with Crippen molar-refractivity contribution in [2.24, 2.45) is 5.92 Å². The van der Waals surface area contributed by atoms with Crippen LogP contribution < -0.4 is 10.1 Å². The predicted octanol–water partition coefficient (Wildman–Crippen LogP) is 2.76. The Morgan fingerprint density at radius 3 is 2.70 bits per heavy atom. The Hall–Kier alpha value is -1.55. The quantitative estimate of drug-likeness (QED) is 0.743. The van der Waals surface area contributed by atoms with Gasteiger partial charge >= 0.3 is 5.97 Å². The van der Waals surface area contributed by atoms with Crippen LogP contribution in [-0.2, 0) is 16.1 Å². The molecule has 0 heterocycles. The fraction of sp³-hybridized carbons (Fsp3) is 0.562. The van der Waals surface area contributed by atoms with Gasteiger partial charge in [-0.2, -0.15) is 0 Å². The fourth-order valence-electron chi connectivity index (χ4n) is 1.91. The van der Waals surface area contributed by atoms with Crippen LogP contribution in [0.5, 0.6) is 5.75 Å². The van der Waals surface area contributed by atoms with E-state index in [9.17, 15) is 4.79 Å². The van der Waals surface area contributed by atoms with Crippen LogP contribution in [0.1, 0.15) is 32.8 Å². The largest absolute Gasteiger partial charge is 0.494 e. The van der Waals surface area contributed by atoms with Gasteiger partial charge in [-0.3, -0.25) is 4.79 Å². The Balaban J connectivity index is 2.61. The van der Waals surface area contributed by atoms with Gasteiger partial charge in [-0.05, 0) is 30.0 Å². The lowest BCUT2D eigenvalue weighted by Gasteiger charge is -2.20. The van der Waals surface area contributed by atoms with E-state index in [1.165, 1.54) is 7.11 Å². The third-order valence-corrected chi connectivity index (χ3v) is 3.02. The molecule has 0 spiro atoms. The average molecular weight is 279 g/mol. The van der Waals surface area contributed by atoms with Crippen LogP contribution in [-0.4, -0.2) is 25.7 Å². The number of esters is 1. The van der Waals surface area contributed by atoms with Gasteiger partial charge in [0.15, 0.2) is 0 Å². The molecule has 1 aromatic rings. The van der Waals surface area contributed by atoms with Crippen molar-refractivity contribution < 1.29 is 14.3 Å². The predicted molar refractivity (Wildman–Crippen MR) is 79.7 cm³/mol. The third-order valence-electron chi connectivity index (χ3n) is 3.02. The van der Waals surface area contributed by atoms with Gasteiger partial charge in [-0.25, -0.2) is 0 Å². The highest BCUT2D eigenvalue weighted by Gasteiger charge is 2.21. The van der Waals surface area contributed by atoms with Crippen LogP contribution in [0.15, 0.2) is 24.3 Å². The van der Waals surface area contributed by atoms with E-state index in [0.29, 0.717) is 13.2 Å². The van der Waals surface area contributed by atoms with Gasteiger partial charge in [0.1, 0.15) is 11.8 Å². The second-order valence-electron chi connectivity index (χ2n) is 5.12. The summed E-state index contributed by atoms with van der Waals surface area (Å²) in [4.78, 5) is 11.7. The number of hydrogen-bond acceptors (Lipinski definition) is 4. The molecule has 0 aliphatic carbocycles. The summed E-state index contributed by atoms with van der Waals surface area (Å²) < 4.78 is 10.4. The van der Waals surface area contributed by atoms with Gasteiger partial charge in [0.05, 0.1) is 13.7 Å². The summed E-state index contributed by atoms with van der Waals surface area (Å²) in [7, 11) is 1.42. The Bertz CT molecular complexity index is 418. The van der Waals surface area contributed by atoms with Crippen molar-refractivity contribution in [1.29, 1.82) is 0 Å². The molecule has 1 rings (SSSR count). The first kappa shape index (κ1) is 16.5. The number of rotatable bonds is 8. The summed E-state index contributed by atoms with van der Waals surface area (Å²) in [6.07, 6.45) is 0.986. The van der Waals surface area contributed by atoms with Gasteiger partial charge in [0.25, 0.3) is 0 Å². The minimum atomic E-state index is -0.291. The standard InChI is InChI=1S/C16H25NO3/c1-5-9-20-14-8-6-7-13(10-14)11-17-15(12(2)3)16(18)19-4/h6-8,10,12,15,17H,5,9,11H2,1-4H3. The Morgan fingerprint density at radius 1 is 1.35 bits per heavy atom. The summed E-state index contributed by atoms with van der Waals surface area (Å²) in [5.41, 5.74) is 1.09. The molecule has 1 aromatic carbocycles. The van der Waals surface area contributed by atoms with E-state index in [-0.39, 0.29) is 17.9 Å². The number of carbonyl (C=O) groups excluding carboxylic acids is 1. The molecule has 4 nitrogen and oxygen atoms in total. The lowest BCUT2D eigenvalue weighted by atomic mass is 10.0. The zero-order chi connectivity index (χ0) is 15.0. The second-order valence-corrected chi connectivity index (χ2v) is 5.12. The molecule has 0 fully saturated rings. The van der Waals surface area contributed by atoms with E-state index >= 15 is 0 Å². The van der Waals surface area contributed by atoms with E-state index in [0.717, 1.165) is 17.7 Å². The molecule has 1 unspecified atom stereocenters. The van der Waals surface area contributed by atoms with Gasteiger partial charge in [-0.15, -0.1) is 0 Å². The van der Waals surface area contributed by atoms with E-state index in [1.54, 1.807) is 0 Å². The topological polar surface area (TPSA) is 47.6 Å². The van der Waals surface area contributed by atoms with Crippen LogP contribution in [0.3, 0.4) is 0 Å². The first-order valence-electron chi connectivity index (χ1n) is 7.11. The zero-order valence-corrected chi connectivity index (χ0v) is 12.8. The molecule has 0 amide bonds. The molecule has 0 saturated heterocycles. The highest BCUT2D eigenvalue weighted by Crippen LogP contribution is 2.14. The number of methoxy groups -OCH3 is 1. The highest BCUT2D eigenvalue weighted by molar-refractivity contribution is 5.75. The first-order chi connectivity index (χ1) is 9.58. The highest BCUT2D eigenvalue weighted by atomic mass is 16.5. The van der Waals surface area contributed by atoms with Crippen molar-refractivity contribution in [1.82, 2.24) is 5.32 Å². The monoisotopic (exact) mass is 279 g/mol. The van der Waals surface area contributed by atoms with E-state index < -0.39 is 0 Å². The number of carbonyl (C=O) groups is 1. The minimum absolute atomic E-state index is 0.182. The van der Waals surface area contributed by atoms with Crippen molar-refractivity contribution in [3.63, 3.8) is 0 Å².